The van der Waals surface area contributed by atoms with E-state index in [1.807, 2.05) is 0 Å². The zero-order valence-electron chi connectivity index (χ0n) is 9.20. The summed E-state index contributed by atoms with van der Waals surface area (Å²) in [5.41, 5.74) is -0.654. The second-order valence-electron chi connectivity index (χ2n) is 4.77. The van der Waals surface area contributed by atoms with Gasteiger partial charge in [-0.1, -0.05) is 0 Å². The number of aliphatic hydroxyl groups is 1. The Labute approximate surface area is 90.0 Å². The highest BCUT2D eigenvalue weighted by atomic mass is 16.3. The number of hydrogen-bond donors (Lipinski definition) is 2. The Balaban J connectivity index is 1.73. The average Bonchev–Trinajstić information content (AvgIpc) is 2.15. The van der Waals surface area contributed by atoms with Gasteiger partial charge in [-0.05, 0) is 6.92 Å². The van der Waals surface area contributed by atoms with Crippen molar-refractivity contribution in [3.05, 3.63) is 0 Å². The molecule has 15 heavy (non-hydrogen) atoms. The molecule has 2 saturated heterocycles. The third-order valence-electron chi connectivity index (χ3n) is 2.98. The summed E-state index contributed by atoms with van der Waals surface area (Å²) >= 11 is 0. The van der Waals surface area contributed by atoms with Crippen molar-refractivity contribution < 1.29 is 9.90 Å². The van der Waals surface area contributed by atoms with Gasteiger partial charge in [0, 0.05) is 26.2 Å². The van der Waals surface area contributed by atoms with E-state index in [1.54, 1.807) is 11.8 Å². The molecule has 0 bridgehead atoms. The van der Waals surface area contributed by atoms with Crippen LogP contribution in [0.4, 0.5) is 0 Å². The van der Waals surface area contributed by atoms with Crippen molar-refractivity contribution in [2.24, 2.45) is 0 Å². The first kappa shape index (κ1) is 10.9. The summed E-state index contributed by atoms with van der Waals surface area (Å²) in [7, 11) is 0. The van der Waals surface area contributed by atoms with E-state index in [4.69, 9.17) is 0 Å². The van der Waals surface area contributed by atoms with Crippen LogP contribution < -0.4 is 5.32 Å². The van der Waals surface area contributed by atoms with Gasteiger partial charge in [0.25, 0.3) is 0 Å². The molecule has 0 radical (unpaired) electrons. The minimum absolute atomic E-state index is 0.142. The lowest BCUT2D eigenvalue weighted by molar-refractivity contribution is -0.153. The fraction of sp³-hybridized carbons (Fsp3) is 0.900. The first-order chi connectivity index (χ1) is 7.07. The van der Waals surface area contributed by atoms with E-state index in [-0.39, 0.29) is 5.91 Å². The number of likely N-dealkylation sites (tertiary alicyclic amines) is 1. The lowest BCUT2D eigenvalue weighted by Gasteiger charge is -2.45. The molecule has 0 unspecified atom stereocenters. The number of piperazine rings is 1. The molecule has 0 atom stereocenters. The van der Waals surface area contributed by atoms with Crippen LogP contribution in [0.5, 0.6) is 0 Å². The van der Waals surface area contributed by atoms with E-state index in [9.17, 15) is 9.90 Å². The van der Waals surface area contributed by atoms with E-state index in [1.165, 1.54) is 0 Å². The molecule has 0 saturated carbocycles. The molecular weight excluding hydrogens is 194 g/mol. The fourth-order valence-corrected chi connectivity index (χ4v) is 2.11. The number of hydrogen-bond acceptors (Lipinski definition) is 4. The number of carbonyl (C=O) groups excluding carboxylic acids is 1. The molecule has 0 aromatic heterocycles. The van der Waals surface area contributed by atoms with Gasteiger partial charge in [0.2, 0.25) is 5.91 Å². The predicted octanol–water partition coefficient (Wildman–Crippen LogP) is -1.52. The lowest BCUT2D eigenvalue weighted by atomic mass is 9.97. The molecule has 0 aliphatic carbocycles. The Morgan fingerprint density at radius 1 is 1.40 bits per heavy atom. The summed E-state index contributed by atoms with van der Waals surface area (Å²) in [6, 6.07) is 0. The molecule has 5 heteroatoms. The van der Waals surface area contributed by atoms with Crippen LogP contribution >= 0.6 is 0 Å². The van der Waals surface area contributed by atoms with Crippen molar-refractivity contribution in [3.8, 4) is 0 Å². The van der Waals surface area contributed by atoms with Crippen molar-refractivity contribution in [2.45, 2.75) is 12.5 Å². The van der Waals surface area contributed by atoms with Crippen molar-refractivity contribution in [1.82, 2.24) is 15.1 Å². The Bertz CT molecular complexity index is 241. The monoisotopic (exact) mass is 213 g/mol. The molecule has 0 spiro atoms. The van der Waals surface area contributed by atoms with E-state index in [0.29, 0.717) is 19.6 Å². The summed E-state index contributed by atoms with van der Waals surface area (Å²) in [6.45, 7) is 7.04. The third kappa shape index (κ3) is 2.68. The molecule has 2 aliphatic heterocycles. The Kier molecular flexibility index (Phi) is 2.95. The van der Waals surface area contributed by atoms with Crippen LogP contribution in [-0.4, -0.2) is 72.2 Å². The van der Waals surface area contributed by atoms with Crippen LogP contribution in [0.1, 0.15) is 6.92 Å². The minimum Gasteiger partial charge on any atom is -0.386 e. The van der Waals surface area contributed by atoms with Crippen LogP contribution in [0.15, 0.2) is 0 Å². The van der Waals surface area contributed by atoms with Gasteiger partial charge in [-0.25, -0.2) is 0 Å². The topological polar surface area (TPSA) is 55.8 Å². The van der Waals surface area contributed by atoms with Gasteiger partial charge in [-0.2, -0.15) is 0 Å². The summed E-state index contributed by atoms with van der Waals surface area (Å²) in [5.74, 6) is 0.142. The molecule has 2 N–H and O–H groups in total. The fourth-order valence-electron chi connectivity index (χ4n) is 2.11. The summed E-state index contributed by atoms with van der Waals surface area (Å²) in [6.07, 6.45) is 0. The van der Waals surface area contributed by atoms with Crippen LogP contribution in [-0.2, 0) is 4.79 Å². The Morgan fingerprint density at radius 2 is 2.00 bits per heavy atom. The van der Waals surface area contributed by atoms with Crippen molar-refractivity contribution in [2.75, 3.05) is 45.8 Å². The number of carbonyl (C=O) groups is 1. The van der Waals surface area contributed by atoms with Gasteiger partial charge in [-0.3, -0.25) is 9.69 Å². The highest BCUT2D eigenvalue weighted by Gasteiger charge is 2.39. The van der Waals surface area contributed by atoms with E-state index in [2.05, 4.69) is 10.2 Å². The molecule has 2 aliphatic rings. The average molecular weight is 213 g/mol. The maximum absolute atomic E-state index is 11.7. The summed E-state index contributed by atoms with van der Waals surface area (Å²) in [5, 5.41) is 12.8. The zero-order chi connectivity index (χ0) is 10.9. The molecule has 0 aromatic rings. The van der Waals surface area contributed by atoms with Gasteiger partial charge in [0.1, 0.15) is 0 Å². The molecule has 2 heterocycles. The van der Waals surface area contributed by atoms with Gasteiger partial charge in [0.15, 0.2) is 0 Å². The largest absolute Gasteiger partial charge is 0.386 e. The second-order valence-corrected chi connectivity index (χ2v) is 4.77. The third-order valence-corrected chi connectivity index (χ3v) is 2.98. The molecule has 5 nitrogen and oxygen atoms in total. The molecule has 86 valence electrons. The minimum atomic E-state index is -0.654. The first-order valence-corrected chi connectivity index (χ1v) is 5.50. The number of β-amino-alcohol motifs (C(OH)–C–C–N with tert-alkyl or cyclic N) is 1. The van der Waals surface area contributed by atoms with Crippen LogP contribution in [0.3, 0.4) is 0 Å². The predicted molar refractivity (Wildman–Crippen MR) is 56.5 cm³/mol. The maximum Gasteiger partial charge on any atom is 0.236 e. The van der Waals surface area contributed by atoms with Gasteiger partial charge < -0.3 is 15.3 Å². The normalized spacial score (nSPS) is 26.1. The second kappa shape index (κ2) is 4.08. The highest BCUT2D eigenvalue weighted by Crippen LogP contribution is 2.19. The van der Waals surface area contributed by atoms with Crippen LogP contribution in [0.25, 0.3) is 0 Å². The summed E-state index contributed by atoms with van der Waals surface area (Å²) in [4.78, 5) is 15.6. The van der Waals surface area contributed by atoms with Crippen molar-refractivity contribution >= 4 is 5.91 Å². The first-order valence-electron chi connectivity index (χ1n) is 5.50. The van der Waals surface area contributed by atoms with Crippen molar-refractivity contribution in [1.29, 1.82) is 0 Å². The van der Waals surface area contributed by atoms with Gasteiger partial charge in [-0.15, -0.1) is 0 Å². The molecular formula is C10H19N3O2. The standard InChI is InChI=1S/C10H19N3O2/c1-10(15)7-13(8-10)9(14)6-12-4-2-11-3-5-12/h11,15H,2-8H2,1H3. The number of amides is 1. The van der Waals surface area contributed by atoms with Crippen LogP contribution in [0.2, 0.25) is 0 Å². The van der Waals surface area contributed by atoms with Crippen molar-refractivity contribution in [3.63, 3.8) is 0 Å². The Morgan fingerprint density at radius 3 is 2.53 bits per heavy atom. The molecule has 0 aromatic carbocycles. The molecule has 1 amide bonds. The number of nitrogens with one attached hydrogen (secondary N) is 1. The summed E-state index contributed by atoms with van der Waals surface area (Å²) < 4.78 is 0. The quantitative estimate of drug-likeness (QED) is 0.585. The number of nitrogens with zero attached hydrogens (tertiary/aromatic N) is 2. The van der Waals surface area contributed by atoms with E-state index < -0.39 is 5.60 Å². The smallest absolute Gasteiger partial charge is 0.236 e. The molecule has 2 fully saturated rings. The highest BCUT2D eigenvalue weighted by molar-refractivity contribution is 5.79. The SMILES string of the molecule is CC1(O)CN(C(=O)CN2CCNCC2)C1. The van der Waals surface area contributed by atoms with Gasteiger partial charge >= 0.3 is 0 Å². The van der Waals surface area contributed by atoms with E-state index >= 15 is 0 Å². The van der Waals surface area contributed by atoms with E-state index in [0.717, 1.165) is 26.2 Å². The zero-order valence-corrected chi connectivity index (χ0v) is 9.20. The lowest BCUT2D eigenvalue weighted by Crippen LogP contribution is -2.63. The Hall–Kier alpha value is -0.650. The molecule has 2 rings (SSSR count). The number of rotatable bonds is 2. The van der Waals surface area contributed by atoms with Crippen LogP contribution in [0, 0.1) is 0 Å². The van der Waals surface area contributed by atoms with Gasteiger partial charge in [0.05, 0.1) is 25.2 Å². The maximum atomic E-state index is 11.7.